The molecule has 0 spiro atoms. The van der Waals surface area contributed by atoms with Crippen LogP contribution < -0.4 is 0 Å². The summed E-state index contributed by atoms with van der Waals surface area (Å²) in [6.45, 7) is 0.194. The summed E-state index contributed by atoms with van der Waals surface area (Å²) in [7, 11) is 0. The fourth-order valence-corrected chi connectivity index (χ4v) is 1.69. The highest BCUT2D eigenvalue weighted by atomic mass is 16.4. The van der Waals surface area contributed by atoms with Crippen LogP contribution in [0.3, 0.4) is 0 Å². The summed E-state index contributed by atoms with van der Waals surface area (Å²) in [5.41, 5.74) is 0.399. The highest BCUT2D eigenvalue weighted by molar-refractivity contribution is 5.77. The summed E-state index contributed by atoms with van der Waals surface area (Å²) in [4.78, 5) is 11.2. The van der Waals surface area contributed by atoms with Crippen molar-refractivity contribution in [2.24, 2.45) is 0 Å². The third-order valence-electron chi connectivity index (χ3n) is 2.54. The first-order chi connectivity index (χ1) is 8.18. The molecule has 0 bridgehead atoms. The quantitative estimate of drug-likeness (QED) is 0.836. The van der Waals surface area contributed by atoms with Crippen molar-refractivity contribution in [2.45, 2.75) is 12.5 Å². The number of carboxylic acids is 1. The van der Waals surface area contributed by atoms with Crippen LogP contribution in [-0.2, 0) is 11.3 Å². The molecule has 2 rings (SSSR count). The second kappa shape index (κ2) is 4.69. The Balaban J connectivity index is 2.30. The Morgan fingerprint density at radius 3 is 2.71 bits per heavy atom. The molecule has 0 aliphatic carbocycles. The lowest BCUT2D eigenvalue weighted by Crippen LogP contribution is -2.18. The van der Waals surface area contributed by atoms with Crippen LogP contribution >= 0.6 is 0 Å². The maximum atomic E-state index is 11.2. The van der Waals surface area contributed by atoms with E-state index in [9.17, 15) is 15.0 Å². The van der Waals surface area contributed by atoms with Crippen LogP contribution in [0.25, 0.3) is 0 Å². The van der Waals surface area contributed by atoms with Crippen LogP contribution in [0.4, 0.5) is 0 Å². The summed E-state index contributed by atoms with van der Waals surface area (Å²) in [6.07, 6.45) is 3.28. The zero-order valence-corrected chi connectivity index (χ0v) is 9.02. The SMILES string of the molecule is O=C(O)C(Cn1cccn1)c1ccccc1O. The van der Waals surface area contributed by atoms with Crippen molar-refractivity contribution < 1.29 is 15.0 Å². The molecule has 2 aromatic rings. The number of hydrogen-bond donors (Lipinski definition) is 2. The number of aromatic hydroxyl groups is 1. The molecule has 2 N–H and O–H groups in total. The van der Waals surface area contributed by atoms with Crippen molar-refractivity contribution in [3.8, 4) is 5.75 Å². The Labute approximate surface area is 97.9 Å². The van der Waals surface area contributed by atoms with Gasteiger partial charge in [0, 0.05) is 18.0 Å². The third-order valence-corrected chi connectivity index (χ3v) is 2.54. The van der Waals surface area contributed by atoms with E-state index in [2.05, 4.69) is 5.10 Å². The van der Waals surface area contributed by atoms with Gasteiger partial charge in [-0.3, -0.25) is 9.48 Å². The van der Waals surface area contributed by atoms with E-state index in [-0.39, 0.29) is 12.3 Å². The molecule has 1 heterocycles. The van der Waals surface area contributed by atoms with E-state index in [1.807, 2.05) is 0 Å². The molecule has 1 atom stereocenters. The number of aromatic nitrogens is 2. The summed E-state index contributed by atoms with van der Waals surface area (Å²) in [5, 5.41) is 22.8. The van der Waals surface area contributed by atoms with Crippen molar-refractivity contribution in [3.05, 3.63) is 48.3 Å². The monoisotopic (exact) mass is 232 g/mol. The summed E-state index contributed by atoms with van der Waals surface area (Å²) >= 11 is 0. The fraction of sp³-hybridized carbons (Fsp3) is 0.167. The predicted molar refractivity (Wildman–Crippen MR) is 60.7 cm³/mol. The number of aliphatic carboxylic acids is 1. The number of phenols is 1. The van der Waals surface area contributed by atoms with Gasteiger partial charge in [-0.15, -0.1) is 0 Å². The van der Waals surface area contributed by atoms with E-state index in [1.165, 1.54) is 10.7 Å². The molecule has 0 amide bonds. The minimum absolute atomic E-state index is 0.00736. The van der Waals surface area contributed by atoms with E-state index < -0.39 is 11.9 Å². The lowest BCUT2D eigenvalue weighted by molar-refractivity contribution is -0.139. The number of phenolic OH excluding ortho intramolecular Hbond substituents is 1. The van der Waals surface area contributed by atoms with Crippen LogP contribution in [0.2, 0.25) is 0 Å². The van der Waals surface area contributed by atoms with E-state index >= 15 is 0 Å². The van der Waals surface area contributed by atoms with Gasteiger partial charge in [-0.1, -0.05) is 18.2 Å². The molecule has 0 saturated carbocycles. The van der Waals surface area contributed by atoms with Gasteiger partial charge in [-0.05, 0) is 12.1 Å². The molecule has 1 unspecified atom stereocenters. The fourth-order valence-electron chi connectivity index (χ4n) is 1.69. The molecule has 5 nitrogen and oxygen atoms in total. The van der Waals surface area contributed by atoms with Gasteiger partial charge in [0.25, 0.3) is 0 Å². The van der Waals surface area contributed by atoms with E-state index in [0.717, 1.165) is 0 Å². The number of carbonyl (C=O) groups is 1. The predicted octanol–water partition coefficient (Wildman–Crippen LogP) is 1.46. The first kappa shape index (κ1) is 11.2. The highest BCUT2D eigenvalue weighted by Crippen LogP contribution is 2.26. The van der Waals surface area contributed by atoms with Crippen molar-refractivity contribution >= 4 is 5.97 Å². The van der Waals surface area contributed by atoms with Crippen molar-refractivity contribution in [2.75, 3.05) is 0 Å². The Kier molecular flexibility index (Phi) is 3.09. The second-order valence-corrected chi connectivity index (χ2v) is 3.68. The number of hydrogen-bond acceptors (Lipinski definition) is 3. The van der Waals surface area contributed by atoms with Gasteiger partial charge in [-0.25, -0.2) is 0 Å². The van der Waals surface area contributed by atoms with Gasteiger partial charge in [0.15, 0.2) is 0 Å². The Morgan fingerprint density at radius 2 is 2.12 bits per heavy atom. The Bertz CT molecular complexity index is 508. The first-order valence-electron chi connectivity index (χ1n) is 5.16. The van der Waals surface area contributed by atoms with Crippen molar-refractivity contribution in [1.29, 1.82) is 0 Å². The summed E-state index contributed by atoms with van der Waals surface area (Å²) < 4.78 is 1.53. The normalized spacial score (nSPS) is 12.2. The number of para-hydroxylation sites is 1. The zero-order valence-electron chi connectivity index (χ0n) is 9.02. The van der Waals surface area contributed by atoms with Crippen molar-refractivity contribution in [1.82, 2.24) is 9.78 Å². The highest BCUT2D eigenvalue weighted by Gasteiger charge is 2.23. The molecule has 5 heteroatoms. The summed E-state index contributed by atoms with van der Waals surface area (Å²) in [6, 6.07) is 8.18. The van der Waals surface area contributed by atoms with Gasteiger partial charge >= 0.3 is 5.97 Å². The van der Waals surface area contributed by atoms with Crippen LogP contribution in [0.15, 0.2) is 42.7 Å². The molecule has 0 fully saturated rings. The lowest BCUT2D eigenvalue weighted by atomic mass is 9.98. The number of benzene rings is 1. The molecule has 1 aromatic carbocycles. The average molecular weight is 232 g/mol. The lowest BCUT2D eigenvalue weighted by Gasteiger charge is -2.14. The van der Waals surface area contributed by atoms with Gasteiger partial charge in [-0.2, -0.15) is 5.10 Å². The Hall–Kier alpha value is -2.30. The largest absolute Gasteiger partial charge is 0.508 e. The minimum Gasteiger partial charge on any atom is -0.508 e. The molecule has 0 saturated heterocycles. The van der Waals surface area contributed by atoms with Crippen LogP contribution in [0.5, 0.6) is 5.75 Å². The van der Waals surface area contributed by atoms with E-state index in [0.29, 0.717) is 5.56 Å². The maximum absolute atomic E-state index is 11.2. The zero-order chi connectivity index (χ0) is 12.3. The minimum atomic E-state index is -0.984. The molecule has 0 radical (unpaired) electrons. The average Bonchev–Trinajstić information content (AvgIpc) is 2.79. The topological polar surface area (TPSA) is 75.3 Å². The molecular weight excluding hydrogens is 220 g/mol. The van der Waals surface area contributed by atoms with Crippen LogP contribution in [-0.4, -0.2) is 26.0 Å². The molecule has 88 valence electrons. The maximum Gasteiger partial charge on any atom is 0.313 e. The standard InChI is InChI=1S/C12H12N2O3/c15-11-5-2-1-4-9(11)10(12(16)17)8-14-7-3-6-13-14/h1-7,10,15H,8H2,(H,16,17). The van der Waals surface area contributed by atoms with Gasteiger partial charge in [0.2, 0.25) is 0 Å². The van der Waals surface area contributed by atoms with Crippen LogP contribution in [0, 0.1) is 0 Å². The first-order valence-corrected chi connectivity index (χ1v) is 5.16. The molecule has 17 heavy (non-hydrogen) atoms. The number of nitrogens with zero attached hydrogens (tertiary/aromatic N) is 2. The molecule has 0 aliphatic rings. The number of carboxylic acid groups (broad SMARTS) is 1. The van der Waals surface area contributed by atoms with E-state index in [1.54, 1.807) is 36.7 Å². The van der Waals surface area contributed by atoms with Crippen LogP contribution in [0.1, 0.15) is 11.5 Å². The number of rotatable bonds is 4. The van der Waals surface area contributed by atoms with E-state index in [4.69, 9.17) is 0 Å². The summed E-state index contributed by atoms with van der Waals surface area (Å²) in [5.74, 6) is -1.80. The second-order valence-electron chi connectivity index (χ2n) is 3.68. The van der Waals surface area contributed by atoms with Gasteiger partial charge in [0.05, 0.1) is 6.54 Å². The van der Waals surface area contributed by atoms with Crippen molar-refractivity contribution in [3.63, 3.8) is 0 Å². The molecular formula is C12H12N2O3. The molecule has 1 aromatic heterocycles. The molecule has 0 aliphatic heterocycles. The van der Waals surface area contributed by atoms with Gasteiger partial charge in [0.1, 0.15) is 11.7 Å². The Morgan fingerprint density at radius 1 is 1.35 bits per heavy atom. The smallest absolute Gasteiger partial charge is 0.313 e. The third kappa shape index (κ3) is 2.44. The van der Waals surface area contributed by atoms with Gasteiger partial charge < -0.3 is 10.2 Å².